The molecule has 4 nitrogen and oxygen atoms in total. The highest BCUT2D eigenvalue weighted by Gasteiger charge is 2.14. The Morgan fingerprint density at radius 2 is 1.82 bits per heavy atom. The van der Waals surface area contributed by atoms with Crippen molar-refractivity contribution in [2.75, 3.05) is 66.1 Å². The normalized spacial score (nSPS) is 25.2. The maximum Gasteiger partial charge on any atom is 0.0469 e. The number of nitrogens with one attached hydrogen (secondary N) is 1. The van der Waals surface area contributed by atoms with Gasteiger partial charge in [-0.15, -0.1) is 0 Å². The van der Waals surface area contributed by atoms with Gasteiger partial charge in [-0.1, -0.05) is 0 Å². The van der Waals surface area contributed by atoms with Crippen LogP contribution in [0.25, 0.3) is 0 Å². The van der Waals surface area contributed by atoms with E-state index in [-0.39, 0.29) is 0 Å². The van der Waals surface area contributed by atoms with Crippen LogP contribution in [0.5, 0.6) is 0 Å². The number of rotatable bonds is 5. The predicted octanol–water partition coefficient (Wildman–Crippen LogP) is 0.250. The quantitative estimate of drug-likeness (QED) is 0.698. The summed E-state index contributed by atoms with van der Waals surface area (Å²) < 4.78 is 5.37. The van der Waals surface area contributed by atoms with Crippen LogP contribution in [-0.2, 0) is 4.74 Å². The topological polar surface area (TPSA) is 27.7 Å². The fraction of sp³-hybridized carbons (Fsp3) is 1.00. The highest BCUT2D eigenvalue weighted by molar-refractivity contribution is 4.71. The molecule has 100 valence electrons. The molecule has 0 unspecified atom stereocenters. The lowest BCUT2D eigenvalue weighted by atomic mass is 10.0. The van der Waals surface area contributed by atoms with Gasteiger partial charge in [0.25, 0.3) is 0 Å². The lowest BCUT2D eigenvalue weighted by Gasteiger charge is -2.32. The molecule has 0 radical (unpaired) electrons. The van der Waals surface area contributed by atoms with Gasteiger partial charge in [0.05, 0.1) is 0 Å². The number of hydrogen-bond acceptors (Lipinski definition) is 4. The summed E-state index contributed by atoms with van der Waals surface area (Å²) in [5.74, 6) is 0.844. The number of ether oxygens (including phenoxy) is 1. The second-order valence-electron chi connectivity index (χ2n) is 5.40. The Morgan fingerprint density at radius 3 is 2.53 bits per heavy atom. The molecule has 2 fully saturated rings. The molecule has 0 spiro atoms. The average molecular weight is 241 g/mol. The second-order valence-corrected chi connectivity index (χ2v) is 5.40. The Balaban J connectivity index is 1.48. The number of hydrogen-bond donors (Lipinski definition) is 1. The Hall–Kier alpha value is -0.160. The summed E-state index contributed by atoms with van der Waals surface area (Å²) in [6.45, 7) is 10.4. The van der Waals surface area contributed by atoms with Crippen LogP contribution >= 0.6 is 0 Å². The SMILES string of the molecule is CN1CCN(CCNCC2CCOCC2)CC1. The first-order valence-corrected chi connectivity index (χ1v) is 7.04. The molecule has 2 heterocycles. The maximum absolute atomic E-state index is 5.37. The third-order valence-electron chi connectivity index (χ3n) is 3.97. The van der Waals surface area contributed by atoms with Gasteiger partial charge >= 0.3 is 0 Å². The van der Waals surface area contributed by atoms with E-state index in [1.165, 1.54) is 52.1 Å². The largest absolute Gasteiger partial charge is 0.381 e. The highest BCUT2D eigenvalue weighted by atomic mass is 16.5. The van der Waals surface area contributed by atoms with Gasteiger partial charge in [0.1, 0.15) is 0 Å². The van der Waals surface area contributed by atoms with Crippen molar-refractivity contribution in [3.8, 4) is 0 Å². The summed E-state index contributed by atoms with van der Waals surface area (Å²) in [6.07, 6.45) is 2.48. The number of likely N-dealkylation sites (N-methyl/N-ethyl adjacent to an activating group) is 1. The zero-order valence-corrected chi connectivity index (χ0v) is 11.2. The van der Waals surface area contributed by atoms with Crippen LogP contribution in [0, 0.1) is 5.92 Å². The summed E-state index contributed by atoms with van der Waals surface area (Å²) in [4.78, 5) is 4.98. The molecule has 2 aliphatic heterocycles. The minimum atomic E-state index is 0.844. The molecule has 0 bridgehead atoms. The van der Waals surface area contributed by atoms with Crippen LogP contribution in [0.2, 0.25) is 0 Å². The van der Waals surface area contributed by atoms with Crippen LogP contribution in [0.15, 0.2) is 0 Å². The van der Waals surface area contributed by atoms with E-state index in [9.17, 15) is 0 Å². The molecule has 2 saturated heterocycles. The van der Waals surface area contributed by atoms with E-state index in [1.807, 2.05) is 0 Å². The summed E-state index contributed by atoms with van der Waals surface area (Å²) in [5, 5.41) is 3.60. The zero-order chi connectivity index (χ0) is 11.9. The molecule has 0 aromatic rings. The molecule has 2 rings (SSSR count). The van der Waals surface area contributed by atoms with Gasteiger partial charge in [0.15, 0.2) is 0 Å². The molecular formula is C13H27N3O. The van der Waals surface area contributed by atoms with Crippen molar-refractivity contribution in [3.63, 3.8) is 0 Å². The van der Waals surface area contributed by atoms with Crippen LogP contribution in [0.4, 0.5) is 0 Å². The van der Waals surface area contributed by atoms with Crippen molar-refractivity contribution in [2.24, 2.45) is 5.92 Å². The smallest absolute Gasteiger partial charge is 0.0469 e. The van der Waals surface area contributed by atoms with Crippen LogP contribution in [-0.4, -0.2) is 75.9 Å². The van der Waals surface area contributed by atoms with E-state index in [0.717, 1.165) is 25.7 Å². The minimum absolute atomic E-state index is 0.844. The molecule has 4 heteroatoms. The number of nitrogens with zero attached hydrogens (tertiary/aromatic N) is 2. The van der Waals surface area contributed by atoms with Gasteiger partial charge in [0, 0.05) is 52.5 Å². The van der Waals surface area contributed by atoms with E-state index < -0.39 is 0 Å². The third-order valence-corrected chi connectivity index (χ3v) is 3.97. The predicted molar refractivity (Wildman–Crippen MR) is 70.3 cm³/mol. The molecule has 0 aromatic heterocycles. The molecule has 17 heavy (non-hydrogen) atoms. The zero-order valence-electron chi connectivity index (χ0n) is 11.2. The van der Waals surface area contributed by atoms with Gasteiger partial charge in [-0.05, 0) is 32.4 Å². The molecule has 0 aromatic carbocycles. The van der Waals surface area contributed by atoms with E-state index in [0.29, 0.717) is 0 Å². The summed E-state index contributed by atoms with van der Waals surface area (Å²) in [7, 11) is 2.21. The Morgan fingerprint density at radius 1 is 1.12 bits per heavy atom. The lowest BCUT2D eigenvalue weighted by Crippen LogP contribution is -2.46. The fourth-order valence-electron chi connectivity index (χ4n) is 2.57. The lowest BCUT2D eigenvalue weighted by molar-refractivity contribution is 0.0659. The summed E-state index contributed by atoms with van der Waals surface area (Å²) >= 11 is 0. The summed E-state index contributed by atoms with van der Waals surface area (Å²) in [6, 6.07) is 0. The van der Waals surface area contributed by atoms with Crippen LogP contribution in [0.3, 0.4) is 0 Å². The van der Waals surface area contributed by atoms with Crippen LogP contribution < -0.4 is 5.32 Å². The minimum Gasteiger partial charge on any atom is -0.381 e. The molecule has 0 amide bonds. The molecule has 1 N–H and O–H groups in total. The van der Waals surface area contributed by atoms with E-state index >= 15 is 0 Å². The Labute approximate surface area is 105 Å². The molecule has 0 atom stereocenters. The Kier molecular flexibility index (Phi) is 5.71. The third kappa shape index (κ3) is 4.92. The van der Waals surface area contributed by atoms with Gasteiger partial charge in [-0.2, -0.15) is 0 Å². The van der Waals surface area contributed by atoms with E-state index in [1.54, 1.807) is 0 Å². The summed E-state index contributed by atoms with van der Waals surface area (Å²) in [5.41, 5.74) is 0. The first-order chi connectivity index (χ1) is 8.34. The molecule has 0 aliphatic carbocycles. The van der Waals surface area contributed by atoms with Crippen molar-refractivity contribution in [2.45, 2.75) is 12.8 Å². The standard InChI is InChI=1S/C13H27N3O/c1-15-6-8-16(9-7-15)5-4-14-12-13-2-10-17-11-3-13/h13-14H,2-12H2,1H3. The first-order valence-electron chi connectivity index (χ1n) is 7.04. The monoisotopic (exact) mass is 241 g/mol. The van der Waals surface area contributed by atoms with Crippen molar-refractivity contribution in [3.05, 3.63) is 0 Å². The Bertz CT molecular complexity index is 199. The van der Waals surface area contributed by atoms with Crippen molar-refractivity contribution in [1.29, 1.82) is 0 Å². The first kappa shape index (κ1) is 13.3. The molecule has 0 saturated carbocycles. The second kappa shape index (κ2) is 7.31. The van der Waals surface area contributed by atoms with Crippen LogP contribution in [0.1, 0.15) is 12.8 Å². The van der Waals surface area contributed by atoms with Gasteiger partial charge < -0.3 is 15.0 Å². The highest BCUT2D eigenvalue weighted by Crippen LogP contribution is 2.12. The average Bonchev–Trinajstić information content (AvgIpc) is 2.38. The van der Waals surface area contributed by atoms with Crippen molar-refractivity contribution in [1.82, 2.24) is 15.1 Å². The van der Waals surface area contributed by atoms with Gasteiger partial charge in [0.2, 0.25) is 0 Å². The molecular weight excluding hydrogens is 214 g/mol. The fourth-order valence-corrected chi connectivity index (χ4v) is 2.57. The van der Waals surface area contributed by atoms with Crippen molar-refractivity contribution >= 4 is 0 Å². The van der Waals surface area contributed by atoms with E-state index in [2.05, 4.69) is 22.2 Å². The van der Waals surface area contributed by atoms with Crippen molar-refractivity contribution < 1.29 is 4.74 Å². The molecule has 2 aliphatic rings. The number of piperazine rings is 1. The van der Waals surface area contributed by atoms with Gasteiger partial charge in [-0.25, -0.2) is 0 Å². The maximum atomic E-state index is 5.37. The van der Waals surface area contributed by atoms with Gasteiger partial charge in [-0.3, -0.25) is 4.90 Å². The van der Waals surface area contributed by atoms with E-state index in [4.69, 9.17) is 4.74 Å².